The number of nitrogens with zero attached hydrogens (tertiary/aromatic N) is 1. The standard InChI is InChI=1S/C9H17NO4/c1-5-10(8(13)14-6-2)9(3,4)7(11)12/h5-6H2,1-4H3,(H,11,12). The Bertz CT molecular complexity index is 225. The summed E-state index contributed by atoms with van der Waals surface area (Å²) in [5.74, 6) is -1.05. The van der Waals surface area contributed by atoms with Gasteiger partial charge in [-0.15, -0.1) is 0 Å². The third-order valence-corrected chi connectivity index (χ3v) is 2.00. The van der Waals surface area contributed by atoms with Gasteiger partial charge < -0.3 is 9.84 Å². The van der Waals surface area contributed by atoms with Crippen LogP contribution in [0, 0.1) is 0 Å². The molecule has 0 aliphatic heterocycles. The number of carboxylic acid groups (broad SMARTS) is 1. The molecule has 0 fully saturated rings. The van der Waals surface area contributed by atoms with E-state index in [-0.39, 0.29) is 6.61 Å². The van der Waals surface area contributed by atoms with Crippen LogP contribution in [0.25, 0.3) is 0 Å². The maximum atomic E-state index is 11.4. The van der Waals surface area contributed by atoms with Crippen molar-refractivity contribution in [3.8, 4) is 0 Å². The summed E-state index contributed by atoms with van der Waals surface area (Å²) in [5.41, 5.74) is -1.24. The fraction of sp³-hybridized carbons (Fsp3) is 0.778. The van der Waals surface area contributed by atoms with Crippen molar-refractivity contribution in [1.29, 1.82) is 0 Å². The number of hydrogen-bond donors (Lipinski definition) is 1. The number of rotatable bonds is 4. The van der Waals surface area contributed by atoms with Crippen molar-refractivity contribution < 1.29 is 19.4 Å². The molecule has 0 aliphatic carbocycles. The van der Waals surface area contributed by atoms with Gasteiger partial charge in [-0.3, -0.25) is 4.90 Å². The van der Waals surface area contributed by atoms with Crippen molar-refractivity contribution in [2.75, 3.05) is 13.2 Å². The first-order valence-corrected chi connectivity index (χ1v) is 4.55. The lowest BCUT2D eigenvalue weighted by atomic mass is 10.0. The summed E-state index contributed by atoms with van der Waals surface area (Å²) in [6.07, 6.45) is -0.595. The van der Waals surface area contributed by atoms with Gasteiger partial charge in [0.2, 0.25) is 0 Å². The molecule has 0 aromatic carbocycles. The lowest BCUT2D eigenvalue weighted by molar-refractivity contribution is -0.148. The summed E-state index contributed by atoms with van der Waals surface area (Å²) in [6, 6.07) is 0. The van der Waals surface area contributed by atoms with Gasteiger partial charge in [0.25, 0.3) is 0 Å². The van der Waals surface area contributed by atoms with Gasteiger partial charge in [-0.1, -0.05) is 0 Å². The topological polar surface area (TPSA) is 66.8 Å². The largest absolute Gasteiger partial charge is 0.480 e. The van der Waals surface area contributed by atoms with Gasteiger partial charge in [0, 0.05) is 6.54 Å². The van der Waals surface area contributed by atoms with Crippen LogP contribution in [0.3, 0.4) is 0 Å². The third kappa shape index (κ3) is 2.61. The van der Waals surface area contributed by atoms with Crippen LogP contribution in [0.1, 0.15) is 27.7 Å². The number of carboxylic acids is 1. The molecular weight excluding hydrogens is 186 g/mol. The molecule has 1 N–H and O–H groups in total. The van der Waals surface area contributed by atoms with E-state index in [2.05, 4.69) is 0 Å². The van der Waals surface area contributed by atoms with Crippen LogP contribution in [0.15, 0.2) is 0 Å². The van der Waals surface area contributed by atoms with Crippen LogP contribution < -0.4 is 0 Å². The predicted octanol–water partition coefficient (Wildman–Crippen LogP) is 1.33. The first-order valence-electron chi connectivity index (χ1n) is 4.55. The Labute approximate surface area is 83.6 Å². The van der Waals surface area contributed by atoms with Gasteiger partial charge in [0.05, 0.1) is 6.61 Å². The Morgan fingerprint density at radius 1 is 1.36 bits per heavy atom. The van der Waals surface area contributed by atoms with Crippen molar-refractivity contribution in [1.82, 2.24) is 4.90 Å². The second-order valence-electron chi connectivity index (χ2n) is 3.31. The van der Waals surface area contributed by atoms with E-state index < -0.39 is 17.6 Å². The van der Waals surface area contributed by atoms with Crippen LogP contribution in [0.5, 0.6) is 0 Å². The minimum Gasteiger partial charge on any atom is -0.480 e. The van der Waals surface area contributed by atoms with E-state index in [9.17, 15) is 9.59 Å². The molecular formula is C9H17NO4. The zero-order valence-electron chi connectivity index (χ0n) is 9.03. The highest BCUT2D eigenvalue weighted by molar-refractivity contribution is 5.83. The molecule has 0 bridgehead atoms. The number of carbonyl (C=O) groups excluding carboxylic acids is 1. The third-order valence-electron chi connectivity index (χ3n) is 2.00. The van der Waals surface area contributed by atoms with Crippen molar-refractivity contribution in [3.05, 3.63) is 0 Å². The highest BCUT2D eigenvalue weighted by Gasteiger charge is 2.37. The molecule has 5 heteroatoms. The first kappa shape index (κ1) is 12.7. The molecule has 0 radical (unpaired) electrons. The molecule has 0 aromatic heterocycles. The summed E-state index contributed by atoms with van der Waals surface area (Å²) >= 11 is 0. The van der Waals surface area contributed by atoms with Crippen molar-refractivity contribution in [3.63, 3.8) is 0 Å². The maximum absolute atomic E-state index is 11.4. The Morgan fingerprint density at radius 3 is 2.14 bits per heavy atom. The number of carbonyl (C=O) groups is 2. The predicted molar refractivity (Wildman–Crippen MR) is 51.1 cm³/mol. The van der Waals surface area contributed by atoms with Crippen LogP contribution in [-0.2, 0) is 9.53 Å². The van der Waals surface area contributed by atoms with Crippen LogP contribution >= 0.6 is 0 Å². The molecule has 0 aromatic rings. The van der Waals surface area contributed by atoms with Crippen LogP contribution in [-0.4, -0.2) is 40.8 Å². The summed E-state index contributed by atoms with van der Waals surface area (Å²) in [5, 5.41) is 8.91. The van der Waals surface area contributed by atoms with E-state index in [1.165, 1.54) is 18.7 Å². The number of hydrogen-bond acceptors (Lipinski definition) is 3. The fourth-order valence-electron chi connectivity index (χ4n) is 1.07. The van der Waals surface area contributed by atoms with Gasteiger partial charge >= 0.3 is 12.1 Å². The second-order valence-corrected chi connectivity index (χ2v) is 3.31. The highest BCUT2D eigenvalue weighted by atomic mass is 16.6. The molecule has 0 unspecified atom stereocenters. The average molecular weight is 203 g/mol. The second kappa shape index (κ2) is 4.83. The summed E-state index contributed by atoms with van der Waals surface area (Å²) in [7, 11) is 0. The average Bonchev–Trinajstić information content (AvgIpc) is 2.04. The zero-order chi connectivity index (χ0) is 11.4. The lowest BCUT2D eigenvalue weighted by Crippen LogP contribution is -2.53. The molecule has 0 saturated heterocycles. The minimum atomic E-state index is -1.24. The zero-order valence-corrected chi connectivity index (χ0v) is 9.03. The molecule has 5 nitrogen and oxygen atoms in total. The van der Waals surface area contributed by atoms with Crippen molar-refractivity contribution in [2.45, 2.75) is 33.2 Å². The van der Waals surface area contributed by atoms with E-state index in [1.54, 1.807) is 13.8 Å². The fourth-order valence-corrected chi connectivity index (χ4v) is 1.07. The Balaban J connectivity index is 4.71. The summed E-state index contributed by atoms with van der Waals surface area (Å²) in [6.45, 7) is 6.87. The Hall–Kier alpha value is -1.26. The number of ether oxygens (including phenoxy) is 1. The van der Waals surface area contributed by atoms with E-state index in [0.717, 1.165) is 0 Å². The van der Waals surface area contributed by atoms with Crippen molar-refractivity contribution >= 4 is 12.1 Å². The normalized spacial score (nSPS) is 10.9. The minimum absolute atomic E-state index is 0.241. The SMILES string of the molecule is CCOC(=O)N(CC)C(C)(C)C(=O)O. The number of likely N-dealkylation sites (N-methyl/N-ethyl adjacent to an activating group) is 1. The van der Waals surface area contributed by atoms with Crippen molar-refractivity contribution in [2.24, 2.45) is 0 Å². The smallest absolute Gasteiger partial charge is 0.410 e. The van der Waals surface area contributed by atoms with Gasteiger partial charge in [-0.05, 0) is 27.7 Å². The quantitative estimate of drug-likeness (QED) is 0.748. The van der Waals surface area contributed by atoms with Crippen LogP contribution in [0.2, 0.25) is 0 Å². The van der Waals surface area contributed by atoms with Gasteiger partial charge in [0.15, 0.2) is 0 Å². The van der Waals surface area contributed by atoms with Crippen LogP contribution in [0.4, 0.5) is 4.79 Å². The molecule has 0 aliphatic rings. The monoisotopic (exact) mass is 203 g/mol. The molecule has 0 heterocycles. The lowest BCUT2D eigenvalue weighted by Gasteiger charge is -2.32. The molecule has 0 atom stereocenters. The Morgan fingerprint density at radius 2 is 1.86 bits per heavy atom. The molecule has 14 heavy (non-hydrogen) atoms. The number of amides is 1. The van der Waals surface area contributed by atoms with E-state index in [4.69, 9.17) is 9.84 Å². The number of aliphatic carboxylic acids is 1. The van der Waals surface area contributed by atoms with Gasteiger partial charge in [-0.25, -0.2) is 9.59 Å². The van der Waals surface area contributed by atoms with E-state index in [0.29, 0.717) is 6.54 Å². The maximum Gasteiger partial charge on any atom is 0.410 e. The van der Waals surface area contributed by atoms with Gasteiger partial charge in [0.1, 0.15) is 5.54 Å². The molecule has 0 saturated carbocycles. The van der Waals surface area contributed by atoms with E-state index >= 15 is 0 Å². The molecule has 0 spiro atoms. The highest BCUT2D eigenvalue weighted by Crippen LogP contribution is 2.15. The van der Waals surface area contributed by atoms with Gasteiger partial charge in [-0.2, -0.15) is 0 Å². The first-order chi connectivity index (χ1) is 6.37. The van der Waals surface area contributed by atoms with E-state index in [1.807, 2.05) is 0 Å². The molecule has 1 amide bonds. The molecule has 82 valence electrons. The summed E-state index contributed by atoms with van der Waals surface area (Å²) in [4.78, 5) is 23.4. The molecule has 0 rings (SSSR count). The summed E-state index contributed by atoms with van der Waals surface area (Å²) < 4.78 is 4.76. The Kier molecular flexibility index (Phi) is 4.40.